The Morgan fingerprint density at radius 3 is 2.36 bits per heavy atom. The van der Waals surface area contributed by atoms with E-state index in [9.17, 15) is 0 Å². The molecule has 2 atom stereocenters. The molecule has 1 aliphatic carbocycles. The second-order valence-corrected chi connectivity index (χ2v) is 12.8. The molecular weight excluding hydrogens is 536 g/mol. The molecule has 3 heterocycles. The smallest absolute Gasteiger partial charge is 0.168 e. The molecule has 1 saturated carbocycles. The van der Waals surface area contributed by atoms with Crippen molar-refractivity contribution in [3.63, 3.8) is 0 Å². The topological polar surface area (TPSA) is 80.8 Å². The van der Waals surface area contributed by atoms with Gasteiger partial charge in [0, 0.05) is 28.6 Å². The highest BCUT2D eigenvalue weighted by Gasteiger charge is 2.39. The molecule has 1 aliphatic heterocycles. The number of benzene rings is 3. The normalized spacial score (nSPS) is 17.1. The summed E-state index contributed by atoms with van der Waals surface area (Å²) in [6, 6.07) is 29.6. The SMILES string of the molecule is CC(C)(C)C1CCC1c1ccc(-c2c(-c3ccc(NC(N)=S)cc3)nc3n2-c2cccnc2Nc2ccccc2-3)cc1. The lowest BCUT2D eigenvalue weighted by Gasteiger charge is -2.45. The van der Waals surface area contributed by atoms with E-state index in [1.807, 2.05) is 30.5 Å². The molecule has 0 saturated heterocycles. The Balaban J connectivity index is 1.43. The Morgan fingerprint density at radius 2 is 1.67 bits per heavy atom. The van der Waals surface area contributed by atoms with Crippen LogP contribution < -0.4 is 16.4 Å². The van der Waals surface area contributed by atoms with Gasteiger partial charge in [0.25, 0.3) is 0 Å². The van der Waals surface area contributed by atoms with Crippen LogP contribution in [0.25, 0.3) is 39.6 Å². The first-order valence-electron chi connectivity index (χ1n) is 14.5. The van der Waals surface area contributed by atoms with E-state index in [1.54, 1.807) is 0 Å². The number of imidazole rings is 1. The van der Waals surface area contributed by atoms with Crippen LogP contribution in [0.2, 0.25) is 0 Å². The van der Waals surface area contributed by atoms with Crippen LogP contribution in [0.15, 0.2) is 91.1 Å². The zero-order valence-electron chi connectivity index (χ0n) is 24.1. The van der Waals surface area contributed by atoms with E-state index >= 15 is 0 Å². The van der Waals surface area contributed by atoms with E-state index in [2.05, 4.69) is 96.6 Å². The molecule has 7 heteroatoms. The number of nitrogens with zero attached hydrogens (tertiary/aromatic N) is 3. The number of rotatable bonds is 4. The summed E-state index contributed by atoms with van der Waals surface area (Å²) in [5.74, 6) is 2.98. The zero-order valence-corrected chi connectivity index (χ0v) is 24.9. The Labute approximate surface area is 252 Å². The Kier molecular flexibility index (Phi) is 6.35. The molecule has 5 aromatic rings. The van der Waals surface area contributed by atoms with Crippen LogP contribution >= 0.6 is 12.2 Å². The molecule has 2 aromatic heterocycles. The molecule has 6 nitrogen and oxygen atoms in total. The monoisotopic (exact) mass is 570 g/mol. The highest BCUT2D eigenvalue weighted by molar-refractivity contribution is 7.80. The lowest BCUT2D eigenvalue weighted by Crippen LogP contribution is -2.34. The third kappa shape index (κ3) is 4.54. The summed E-state index contributed by atoms with van der Waals surface area (Å²) in [6.07, 6.45) is 4.37. The van der Waals surface area contributed by atoms with Crippen molar-refractivity contribution >= 4 is 34.5 Å². The molecule has 0 spiro atoms. The molecule has 7 rings (SSSR count). The number of nitrogens with one attached hydrogen (secondary N) is 2. The summed E-state index contributed by atoms with van der Waals surface area (Å²) >= 11 is 5.04. The average Bonchev–Trinajstić information content (AvgIpc) is 3.26. The van der Waals surface area contributed by atoms with E-state index in [1.165, 1.54) is 18.4 Å². The van der Waals surface area contributed by atoms with Crippen LogP contribution in [0.1, 0.15) is 45.1 Å². The number of para-hydroxylation sites is 1. The number of thiocarbonyl (C=S) groups is 1. The Bertz CT molecular complexity index is 1800. The van der Waals surface area contributed by atoms with Crippen molar-refractivity contribution in [3.05, 3.63) is 96.7 Å². The van der Waals surface area contributed by atoms with Gasteiger partial charge in [0.05, 0.1) is 22.8 Å². The van der Waals surface area contributed by atoms with Gasteiger partial charge in [-0.25, -0.2) is 9.97 Å². The Morgan fingerprint density at radius 1 is 0.929 bits per heavy atom. The van der Waals surface area contributed by atoms with Crippen LogP contribution in [0.4, 0.5) is 17.2 Å². The molecule has 1 fully saturated rings. The number of fused-ring (bicyclic) bond motifs is 5. The minimum Gasteiger partial charge on any atom is -0.376 e. The molecule has 0 bridgehead atoms. The standard InChI is InChI=1S/C35H34N6S/c1-35(2,3)27-19-18-25(27)21-10-12-23(13-11-21)31-30(22-14-16-24(17-15-22)38-34(36)42)40-33-26-7-4-5-8-28(26)39-32-29(41(31)33)9-6-20-37-32/h4-17,20,25,27H,18-19H2,1-3H3,(H,37,39)(H3,36,38,42). The first-order chi connectivity index (χ1) is 20.3. The number of nitrogens with two attached hydrogens (primary N) is 1. The summed E-state index contributed by atoms with van der Waals surface area (Å²) in [4.78, 5) is 10.1. The summed E-state index contributed by atoms with van der Waals surface area (Å²) in [6.45, 7) is 7.10. The molecule has 42 heavy (non-hydrogen) atoms. The van der Waals surface area contributed by atoms with Gasteiger partial charge in [-0.2, -0.15) is 0 Å². The van der Waals surface area contributed by atoms with Crippen LogP contribution in [-0.4, -0.2) is 19.6 Å². The summed E-state index contributed by atoms with van der Waals surface area (Å²) in [5, 5.41) is 6.82. The van der Waals surface area contributed by atoms with Gasteiger partial charge in [-0.05, 0) is 84.3 Å². The molecule has 2 unspecified atom stereocenters. The first-order valence-corrected chi connectivity index (χ1v) is 14.9. The highest BCUT2D eigenvalue weighted by atomic mass is 32.1. The highest BCUT2D eigenvalue weighted by Crippen LogP contribution is 2.52. The number of pyridine rings is 1. The Hall–Kier alpha value is -4.49. The van der Waals surface area contributed by atoms with Crippen molar-refractivity contribution in [1.29, 1.82) is 0 Å². The van der Waals surface area contributed by atoms with Crippen molar-refractivity contribution in [1.82, 2.24) is 14.5 Å². The average molecular weight is 571 g/mol. The molecule has 0 amide bonds. The van der Waals surface area contributed by atoms with Crippen LogP contribution in [0, 0.1) is 11.3 Å². The summed E-state index contributed by atoms with van der Waals surface area (Å²) in [7, 11) is 0. The van der Waals surface area contributed by atoms with Gasteiger partial charge in [0.2, 0.25) is 0 Å². The predicted molar refractivity (Wildman–Crippen MR) is 176 cm³/mol. The van der Waals surface area contributed by atoms with Crippen LogP contribution in [0.5, 0.6) is 0 Å². The van der Waals surface area contributed by atoms with E-state index < -0.39 is 0 Å². The van der Waals surface area contributed by atoms with Gasteiger partial charge in [0.1, 0.15) is 5.82 Å². The fourth-order valence-corrected chi connectivity index (χ4v) is 6.69. The third-order valence-corrected chi connectivity index (χ3v) is 8.85. The van der Waals surface area contributed by atoms with E-state index in [0.29, 0.717) is 17.3 Å². The minimum atomic E-state index is 0.241. The maximum Gasteiger partial charge on any atom is 0.168 e. The molecule has 3 aromatic carbocycles. The fraction of sp³-hybridized carbons (Fsp3) is 0.229. The molecule has 210 valence electrons. The summed E-state index contributed by atoms with van der Waals surface area (Å²) < 4.78 is 2.26. The van der Waals surface area contributed by atoms with E-state index in [4.69, 9.17) is 27.9 Å². The molecule has 2 aliphatic rings. The largest absolute Gasteiger partial charge is 0.376 e. The maximum atomic E-state index is 5.72. The van der Waals surface area contributed by atoms with Gasteiger partial charge in [-0.1, -0.05) is 69.3 Å². The van der Waals surface area contributed by atoms with Gasteiger partial charge in [-0.15, -0.1) is 0 Å². The van der Waals surface area contributed by atoms with Crippen molar-refractivity contribution in [3.8, 4) is 39.6 Å². The predicted octanol–water partition coefficient (Wildman–Crippen LogP) is 8.52. The number of hydrogen-bond acceptors (Lipinski definition) is 4. The second-order valence-electron chi connectivity index (χ2n) is 12.4. The number of anilines is 3. The van der Waals surface area contributed by atoms with Crippen molar-refractivity contribution in [2.24, 2.45) is 17.1 Å². The second kappa shape index (κ2) is 10.1. The van der Waals surface area contributed by atoms with Gasteiger partial charge >= 0.3 is 0 Å². The minimum absolute atomic E-state index is 0.241. The van der Waals surface area contributed by atoms with E-state index in [-0.39, 0.29) is 5.11 Å². The quantitative estimate of drug-likeness (QED) is 0.184. The molecule has 4 N–H and O–H groups in total. The van der Waals surface area contributed by atoms with Crippen molar-refractivity contribution in [2.45, 2.75) is 39.5 Å². The van der Waals surface area contributed by atoms with Gasteiger partial charge in [0.15, 0.2) is 10.9 Å². The number of hydrogen-bond donors (Lipinski definition) is 3. The molecular formula is C35H34N6S. The van der Waals surface area contributed by atoms with Gasteiger partial charge in [-0.3, -0.25) is 4.57 Å². The molecule has 0 radical (unpaired) electrons. The first kappa shape index (κ1) is 26.4. The summed E-state index contributed by atoms with van der Waals surface area (Å²) in [5.41, 5.74) is 15.3. The lowest BCUT2D eigenvalue weighted by atomic mass is 9.59. The third-order valence-electron chi connectivity index (χ3n) is 8.75. The van der Waals surface area contributed by atoms with E-state index in [0.717, 1.165) is 56.8 Å². The van der Waals surface area contributed by atoms with Crippen molar-refractivity contribution in [2.75, 3.05) is 10.6 Å². The zero-order chi connectivity index (χ0) is 29.0. The number of aromatic nitrogens is 3. The van der Waals surface area contributed by atoms with Crippen LogP contribution in [0.3, 0.4) is 0 Å². The lowest BCUT2D eigenvalue weighted by molar-refractivity contribution is 0.106. The fourth-order valence-electron chi connectivity index (χ4n) is 6.57. The maximum absolute atomic E-state index is 5.72. The van der Waals surface area contributed by atoms with Crippen molar-refractivity contribution < 1.29 is 0 Å². The van der Waals surface area contributed by atoms with Crippen LogP contribution in [-0.2, 0) is 0 Å². The van der Waals surface area contributed by atoms with Gasteiger partial charge < -0.3 is 16.4 Å².